The highest BCUT2D eigenvalue weighted by atomic mass is 32.1. The van der Waals surface area contributed by atoms with Crippen LogP contribution in [0.3, 0.4) is 0 Å². The smallest absolute Gasteiger partial charge is 0.170 e. The summed E-state index contributed by atoms with van der Waals surface area (Å²) in [7, 11) is 1.63. The Kier molecular flexibility index (Phi) is 3.80. The first-order chi connectivity index (χ1) is 8.93. The van der Waals surface area contributed by atoms with Crippen molar-refractivity contribution in [3.8, 4) is 11.5 Å². The number of aryl methyl sites for hydroxylation is 1. The first-order valence-electron chi connectivity index (χ1n) is 6.22. The second-order valence-corrected chi connectivity index (χ2v) is 5.83. The van der Waals surface area contributed by atoms with Crippen LogP contribution < -0.4 is 9.47 Å². The summed E-state index contributed by atoms with van der Waals surface area (Å²) in [4.78, 5) is 12.4. The lowest BCUT2D eigenvalue weighted by Crippen LogP contribution is -2.06. The van der Waals surface area contributed by atoms with Gasteiger partial charge >= 0.3 is 0 Å². The van der Waals surface area contributed by atoms with Crippen LogP contribution in [0.4, 0.5) is 0 Å². The molecule has 0 saturated heterocycles. The Bertz CT molecular complexity index is 626. The minimum absolute atomic E-state index is 0.0811. The molecule has 0 saturated carbocycles. The largest absolute Gasteiger partial charge is 0.493 e. The van der Waals surface area contributed by atoms with E-state index >= 15 is 0 Å². The molecule has 0 aliphatic carbocycles. The van der Waals surface area contributed by atoms with Gasteiger partial charge in [0.15, 0.2) is 17.3 Å². The average molecular weight is 278 g/mol. The van der Waals surface area contributed by atoms with Crippen molar-refractivity contribution < 1.29 is 14.3 Å². The van der Waals surface area contributed by atoms with Crippen LogP contribution in [0.2, 0.25) is 0 Å². The van der Waals surface area contributed by atoms with E-state index in [1.165, 1.54) is 11.3 Å². The van der Waals surface area contributed by atoms with Crippen LogP contribution in [-0.2, 0) is 0 Å². The second-order valence-electron chi connectivity index (χ2n) is 4.78. The van der Waals surface area contributed by atoms with Gasteiger partial charge in [-0.15, -0.1) is 11.3 Å². The van der Waals surface area contributed by atoms with Crippen molar-refractivity contribution >= 4 is 27.2 Å². The molecule has 2 aromatic rings. The summed E-state index contributed by atoms with van der Waals surface area (Å²) in [6.45, 7) is 7.53. The summed E-state index contributed by atoms with van der Waals surface area (Å²) in [6.07, 6.45) is 0.0811. The van der Waals surface area contributed by atoms with Crippen molar-refractivity contribution in [1.82, 2.24) is 0 Å². The molecule has 1 aromatic heterocycles. The minimum Gasteiger partial charge on any atom is -0.493 e. The van der Waals surface area contributed by atoms with Gasteiger partial charge in [-0.2, -0.15) is 0 Å². The third-order valence-corrected chi connectivity index (χ3v) is 4.26. The molecule has 0 unspecified atom stereocenters. The number of benzene rings is 1. The van der Waals surface area contributed by atoms with E-state index in [1.807, 2.05) is 32.9 Å². The van der Waals surface area contributed by atoms with E-state index in [0.717, 1.165) is 26.3 Å². The summed E-state index contributed by atoms with van der Waals surface area (Å²) in [5, 5.41) is 1.06. The van der Waals surface area contributed by atoms with Crippen molar-refractivity contribution in [3.63, 3.8) is 0 Å². The summed E-state index contributed by atoms with van der Waals surface area (Å²) < 4.78 is 12.2. The van der Waals surface area contributed by atoms with Crippen LogP contribution in [0.25, 0.3) is 10.1 Å². The molecule has 3 nitrogen and oxygen atoms in total. The fraction of sp³-hybridized carbons (Fsp3) is 0.400. The standard InChI is InChI=1S/C15H18O3S/c1-8(2)18-13-6-11-9(3)15(10(4)16)19-14(11)7-12(13)17-5/h6-8H,1-5H3. The van der Waals surface area contributed by atoms with Gasteiger partial charge in [0, 0.05) is 16.2 Å². The van der Waals surface area contributed by atoms with E-state index in [0.29, 0.717) is 5.75 Å². The topological polar surface area (TPSA) is 35.5 Å². The normalized spacial score (nSPS) is 11.1. The molecule has 0 amide bonds. The maximum atomic E-state index is 11.6. The molecule has 102 valence electrons. The van der Waals surface area contributed by atoms with Crippen molar-refractivity contribution in [3.05, 3.63) is 22.6 Å². The minimum atomic E-state index is 0.0811. The van der Waals surface area contributed by atoms with Gasteiger partial charge in [-0.1, -0.05) is 0 Å². The van der Waals surface area contributed by atoms with Crippen LogP contribution in [0.1, 0.15) is 36.0 Å². The quantitative estimate of drug-likeness (QED) is 0.786. The van der Waals surface area contributed by atoms with E-state index in [-0.39, 0.29) is 11.9 Å². The molecular formula is C15H18O3S. The number of Topliss-reactive ketones (excluding diaryl/α,β-unsaturated/α-hetero) is 1. The van der Waals surface area contributed by atoms with Crippen LogP contribution in [-0.4, -0.2) is 19.0 Å². The summed E-state index contributed by atoms with van der Waals surface area (Å²) >= 11 is 1.50. The highest BCUT2D eigenvalue weighted by Gasteiger charge is 2.16. The molecule has 4 heteroatoms. The maximum absolute atomic E-state index is 11.6. The number of hydrogen-bond donors (Lipinski definition) is 0. The summed E-state index contributed by atoms with van der Waals surface area (Å²) in [5.41, 5.74) is 1.02. The molecule has 0 bridgehead atoms. The number of ketones is 1. The van der Waals surface area contributed by atoms with E-state index in [9.17, 15) is 4.79 Å². The number of rotatable bonds is 4. The molecule has 0 spiro atoms. The zero-order valence-corrected chi connectivity index (χ0v) is 12.7. The second kappa shape index (κ2) is 5.21. The lowest BCUT2D eigenvalue weighted by molar-refractivity contribution is 0.102. The fourth-order valence-electron chi connectivity index (χ4n) is 2.07. The molecule has 0 aliphatic heterocycles. The molecule has 1 heterocycles. The molecule has 19 heavy (non-hydrogen) atoms. The number of thiophene rings is 1. The van der Waals surface area contributed by atoms with Gasteiger partial charge in [0.1, 0.15) is 0 Å². The molecule has 0 N–H and O–H groups in total. The SMILES string of the molecule is COc1cc2sc(C(C)=O)c(C)c2cc1OC(C)C. The number of carbonyl (C=O) groups is 1. The summed E-state index contributed by atoms with van der Waals surface area (Å²) in [6, 6.07) is 3.91. The van der Waals surface area contributed by atoms with Gasteiger partial charge in [-0.05, 0) is 39.3 Å². The predicted octanol–water partition coefficient (Wildman–Crippen LogP) is 4.21. The highest BCUT2D eigenvalue weighted by Crippen LogP contribution is 2.39. The Labute approximate surface area is 117 Å². The van der Waals surface area contributed by atoms with Crippen LogP contribution in [0, 0.1) is 6.92 Å². The Hall–Kier alpha value is -1.55. The van der Waals surface area contributed by atoms with Crippen molar-refractivity contribution in [2.75, 3.05) is 7.11 Å². The zero-order chi connectivity index (χ0) is 14.2. The van der Waals surface area contributed by atoms with Gasteiger partial charge in [-0.3, -0.25) is 4.79 Å². The van der Waals surface area contributed by atoms with Crippen molar-refractivity contribution in [2.45, 2.75) is 33.8 Å². The van der Waals surface area contributed by atoms with E-state index in [2.05, 4.69) is 0 Å². The van der Waals surface area contributed by atoms with Crippen LogP contribution in [0.15, 0.2) is 12.1 Å². The number of hydrogen-bond acceptors (Lipinski definition) is 4. The van der Waals surface area contributed by atoms with E-state index in [1.54, 1.807) is 14.0 Å². The molecular weight excluding hydrogens is 260 g/mol. The van der Waals surface area contributed by atoms with Gasteiger partial charge in [0.2, 0.25) is 0 Å². The van der Waals surface area contributed by atoms with Gasteiger partial charge in [0.05, 0.1) is 18.1 Å². The lowest BCUT2D eigenvalue weighted by Gasteiger charge is -2.13. The number of carbonyl (C=O) groups excluding carboxylic acids is 1. The van der Waals surface area contributed by atoms with Gasteiger partial charge in [-0.25, -0.2) is 0 Å². The number of methoxy groups -OCH3 is 1. The fourth-order valence-corrected chi connectivity index (χ4v) is 3.18. The third-order valence-electron chi connectivity index (χ3n) is 2.90. The van der Waals surface area contributed by atoms with E-state index < -0.39 is 0 Å². The van der Waals surface area contributed by atoms with Crippen molar-refractivity contribution in [1.29, 1.82) is 0 Å². The molecule has 1 aromatic carbocycles. The Morgan fingerprint density at radius 1 is 1.26 bits per heavy atom. The molecule has 0 fully saturated rings. The third kappa shape index (κ3) is 2.59. The lowest BCUT2D eigenvalue weighted by atomic mass is 10.1. The molecule has 2 rings (SSSR count). The first-order valence-corrected chi connectivity index (χ1v) is 7.04. The summed E-state index contributed by atoms with van der Waals surface area (Å²) in [5.74, 6) is 1.53. The Morgan fingerprint density at radius 2 is 1.95 bits per heavy atom. The monoisotopic (exact) mass is 278 g/mol. The maximum Gasteiger partial charge on any atom is 0.170 e. The van der Waals surface area contributed by atoms with Crippen LogP contribution >= 0.6 is 11.3 Å². The molecule has 0 aliphatic rings. The van der Waals surface area contributed by atoms with Crippen LogP contribution in [0.5, 0.6) is 11.5 Å². The first kappa shape index (κ1) is 13.9. The number of ether oxygens (including phenoxy) is 2. The number of fused-ring (bicyclic) bond motifs is 1. The van der Waals surface area contributed by atoms with Gasteiger partial charge < -0.3 is 9.47 Å². The Morgan fingerprint density at radius 3 is 2.47 bits per heavy atom. The van der Waals surface area contributed by atoms with Gasteiger partial charge in [0.25, 0.3) is 0 Å². The van der Waals surface area contributed by atoms with E-state index in [4.69, 9.17) is 9.47 Å². The Balaban J connectivity index is 2.64. The average Bonchev–Trinajstić information content (AvgIpc) is 2.65. The molecule has 0 radical (unpaired) electrons. The van der Waals surface area contributed by atoms with Crippen molar-refractivity contribution in [2.24, 2.45) is 0 Å². The molecule has 0 atom stereocenters. The zero-order valence-electron chi connectivity index (χ0n) is 11.9. The predicted molar refractivity (Wildman–Crippen MR) is 78.9 cm³/mol. The highest BCUT2D eigenvalue weighted by molar-refractivity contribution is 7.21.